The molecule has 0 aromatic heterocycles. The van der Waals surface area contributed by atoms with Crippen molar-refractivity contribution in [2.24, 2.45) is 10.8 Å². The standard InChI is InChI=1S/C18H36N2O2/c1-10-12-20(15(21)17(4,5)6)13-11-18(7,8)16(22)19(9)14(2)3/h14H,10-13H2,1-9H3. The number of rotatable bonds is 7. The minimum atomic E-state index is -0.455. The molecule has 4 heteroatoms. The van der Waals surface area contributed by atoms with Gasteiger partial charge in [-0.3, -0.25) is 9.59 Å². The molecule has 0 saturated carbocycles. The fraction of sp³-hybridized carbons (Fsp3) is 0.889. The second-order valence-corrected chi connectivity index (χ2v) is 8.19. The molecular formula is C18H36N2O2. The highest BCUT2D eigenvalue weighted by atomic mass is 16.2. The summed E-state index contributed by atoms with van der Waals surface area (Å²) in [6.45, 7) is 17.3. The van der Waals surface area contributed by atoms with E-state index in [0.29, 0.717) is 13.0 Å². The topological polar surface area (TPSA) is 40.6 Å². The van der Waals surface area contributed by atoms with E-state index in [1.807, 2.05) is 60.4 Å². The van der Waals surface area contributed by atoms with Crippen molar-refractivity contribution >= 4 is 11.8 Å². The first-order valence-corrected chi connectivity index (χ1v) is 8.41. The summed E-state index contributed by atoms with van der Waals surface area (Å²) in [7, 11) is 1.85. The Hall–Kier alpha value is -1.06. The molecular weight excluding hydrogens is 276 g/mol. The van der Waals surface area contributed by atoms with Gasteiger partial charge in [-0.1, -0.05) is 41.5 Å². The summed E-state index contributed by atoms with van der Waals surface area (Å²) in [6, 6.07) is 0.190. The molecule has 0 spiro atoms. The SMILES string of the molecule is CCCN(CCC(C)(C)C(=O)N(C)C(C)C)C(=O)C(C)(C)C. The third kappa shape index (κ3) is 5.98. The van der Waals surface area contributed by atoms with Crippen molar-refractivity contribution in [2.75, 3.05) is 20.1 Å². The maximum atomic E-state index is 12.6. The zero-order chi connectivity index (χ0) is 17.7. The Morgan fingerprint density at radius 1 is 0.955 bits per heavy atom. The zero-order valence-corrected chi connectivity index (χ0v) is 16.1. The van der Waals surface area contributed by atoms with Gasteiger partial charge in [0.1, 0.15) is 0 Å². The molecule has 2 amide bonds. The van der Waals surface area contributed by atoms with E-state index in [4.69, 9.17) is 0 Å². The molecule has 22 heavy (non-hydrogen) atoms. The molecule has 0 aliphatic carbocycles. The average Bonchev–Trinajstić information content (AvgIpc) is 2.39. The Labute approximate surface area is 137 Å². The lowest BCUT2D eigenvalue weighted by Gasteiger charge is -2.35. The molecule has 0 bridgehead atoms. The van der Waals surface area contributed by atoms with Gasteiger partial charge in [-0.15, -0.1) is 0 Å². The Morgan fingerprint density at radius 3 is 1.82 bits per heavy atom. The Morgan fingerprint density at radius 2 is 1.45 bits per heavy atom. The summed E-state index contributed by atoms with van der Waals surface area (Å²) in [4.78, 5) is 28.8. The van der Waals surface area contributed by atoms with Gasteiger partial charge in [0.15, 0.2) is 0 Å². The number of hydrogen-bond donors (Lipinski definition) is 0. The van der Waals surface area contributed by atoms with E-state index in [0.717, 1.165) is 13.0 Å². The van der Waals surface area contributed by atoms with Crippen LogP contribution in [0.3, 0.4) is 0 Å². The highest BCUT2D eigenvalue weighted by Crippen LogP contribution is 2.26. The van der Waals surface area contributed by atoms with Crippen LogP contribution in [-0.2, 0) is 9.59 Å². The lowest BCUT2D eigenvalue weighted by Crippen LogP contribution is -2.45. The molecule has 0 aliphatic heterocycles. The van der Waals surface area contributed by atoms with Gasteiger partial charge in [-0.25, -0.2) is 0 Å². The van der Waals surface area contributed by atoms with Crippen LogP contribution in [0.15, 0.2) is 0 Å². The maximum Gasteiger partial charge on any atom is 0.228 e. The molecule has 0 atom stereocenters. The first-order chi connectivity index (χ1) is 9.84. The molecule has 0 saturated heterocycles. The molecule has 0 heterocycles. The summed E-state index contributed by atoms with van der Waals surface area (Å²) < 4.78 is 0. The highest BCUT2D eigenvalue weighted by molar-refractivity contribution is 5.83. The van der Waals surface area contributed by atoms with Gasteiger partial charge in [-0.05, 0) is 26.7 Å². The second-order valence-electron chi connectivity index (χ2n) is 8.19. The van der Waals surface area contributed by atoms with E-state index in [9.17, 15) is 9.59 Å². The van der Waals surface area contributed by atoms with Crippen LogP contribution < -0.4 is 0 Å². The Kier molecular flexibility index (Phi) is 7.60. The van der Waals surface area contributed by atoms with Gasteiger partial charge in [-0.2, -0.15) is 0 Å². The number of nitrogens with zero attached hydrogens (tertiary/aromatic N) is 2. The van der Waals surface area contributed by atoms with E-state index >= 15 is 0 Å². The monoisotopic (exact) mass is 312 g/mol. The van der Waals surface area contributed by atoms with Crippen molar-refractivity contribution in [3.05, 3.63) is 0 Å². The zero-order valence-electron chi connectivity index (χ0n) is 16.1. The van der Waals surface area contributed by atoms with E-state index in [1.54, 1.807) is 4.90 Å². The van der Waals surface area contributed by atoms with Crippen molar-refractivity contribution in [3.8, 4) is 0 Å². The molecule has 0 fully saturated rings. The third-order valence-corrected chi connectivity index (χ3v) is 4.10. The predicted octanol–water partition coefficient (Wildman–Crippen LogP) is 3.55. The molecule has 4 nitrogen and oxygen atoms in total. The molecule has 0 rings (SSSR count). The van der Waals surface area contributed by atoms with Crippen LogP contribution in [0.5, 0.6) is 0 Å². The molecule has 0 unspecified atom stereocenters. The number of carbonyl (C=O) groups excluding carboxylic acids is 2. The van der Waals surface area contributed by atoms with E-state index in [2.05, 4.69) is 6.92 Å². The van der Waals surface area contributed by atoms with Crippen LogP contribution in [0.2, 0.25) is 0 Å². The van der Waals surface area contributed by atoms with Crippen LogP contribution in [0.1, 0.15) is 68.2 Å². The lowest BCUT2D eigenvalue weighted by atomic mass is 9.86. The van der Waals surface area contributed by atoms with Gasteiger partial charge >= 0.3 is 0 Å². The van der Waals surface area contributed by atoms with Crippen LogP contribution in [0.4, 0.5) is 0 Å². The Balaban J connectivity index is 4.91. The highest BCUT2D eigenvalue weighted by Gasteiger charge is 2.33. The molecule has 0 N–H and O–H groups in total. The minimum absolute atomic E-state index is 0.141. The smallest absolute Gasteiger partial charge is 0.228 e. The molecule has 0 aliphatic rings. The summed E-state index contributed by atoms with van der Waals surface area (Å²) >= 11 is 0. The fourth-order valence-corrected chi connectivity index (χ4v) is 2.29. The van der Waals surface area contributed by atoms with Crippen molar-refractivity contribution in [1.29, 1.82) is 0 Å². The minimum Gasteiger partial charge on any atom is -0.343 e. The fourth-order valence-electron chi connectivity index (χ4n) is 2.29. The molecule has 0 radical (unpaired) electrons. The van der Waals surface area contributed by atoms with Crippen LogP contribution in [0, 0.1) is 10.8 Å². The Bertz CT molecular complexity index is 381. The van der Waals surface area contributed by atoms with Gasteiger partial charge in [0.2, 0.25) is 11.8 Å². The summed E-state index contributed by atoms with van der Waals surface area (Å²) in [5.74, 6) is 0.303. The second kappa shape index (κ2) is 7.98. The van der Waals surface area contributed by atoms with Gasteiger partial charge in [0, 0.05) is 37.0 Å². The van der Waals surface area contributed by atoms with Crippen molar-refractivity contribution in [1.82, 2.24) is 9.80 Å². The van der Waals surface area contributed by atoms with Crippen molar-refractivity contribution < 1.29 is 9.59 Å². The third-order valence-electron chi connectivity index (χ3n) is 4.10. The molecule has 0 aromatic rings. The van der Waals surface area contributed by atoms with Crippen molar-refractivity contribution in [2.45, 2.75) is 74.3 Å². The van der Waals surface area contributed by atoms with Gasteiger partial charge in [0.25, 0.3) is 0 Å². The quantitative estimate of drug-likeness (QED) is 0.721. The molecule has 130 valence electrons. The largest absolute Gasteiger partial charge is 0.343 e. The van der Waals surface area contributed by atoms with Crippen LogP contribution in [-0.4, -0.2) is 47.8 Å². The lowest BCUT2D eigenvalue weighted by molar-refractivity contribution is -0.144. The summed E-state index contributed by atoms with van der Waals surface area (Å²) in [6.07, 6.45) is 1.62. The van der Waals surface area contributed by atoms with Gasteiger partial charge < -0.3 is 9.80 Å². The van der Waals surface area contributed by atoms with Crippen LogP contribution >= 0.6 is 0 Å². The van der Waals surface area contributed by atoms with Crippen LogP contribution in [0.25, 0.3) is 0 Å². The predicted molar refractivity (Wildman–Crippen MR) is 92.6 cm³/mol. The van der Waals surface area contributed by atoms with Crippen molar-refractivity contribution in [3.63, 3.8) is 0 Å². The summed E-state index contributed by atoms with van der Waals surface area (Å²) in [5.41, 5.74) is -0.832. The number of carbonyl (C=O) groups is 2. The van der Waals surface area contributed by atoms with Gasteiger partial charge in [0.05, 0.1) is 0 Å². The van der Waals surface area contributed by atoms with E-state index < -0.39 is 5.41 Å². The normalized spacial score (nSPS) is 12.5. The summed E-state index contributed by atoms with van der Waals surface area (Å²) in [5, 5.41) is 0. The number of hydrogen-bond acceptors (Lipinski definition) is 2. The molecule has 0 aromatic carbocycles. The first kappa shape index (κ1) is 20.9. The van der Waals surface area contributed by atoms with E-state index in [1.165, 1.54) is 0 Å². The van der Waals surface area contributed by atoms with E-state index in [-0.39, 0.29) is 23.3 Å². The number of amides is 2. The first-order valence-electron chi connectivity index (χ1n) is 8.41. The average molecular weight is 312 g/mol. The maximum absolute atomic E-state index is 12.6.